The first kappa shape index (κ1) is 27.2. The summed E-state index contributed by atoms with van der Waals surface area (Å²) in [6.45, 7) is 5.82. The lowest BCUT2D eigenvalue weighted by Crippen LogP contribution is -2.35. The van der Waals surface area contributed by atoms with Crippen molar-refractivity contribution in [2.75, 3.05) is 10.6 Å². The summed E-state index contributed by atoms with van der Waals surface area (Å²) in [5.41, 5.74) is 4.20. The van der Waals surface area contributed by atoms with E-state index in [1.807, 2.05) is 32.9 Å². The second kappa shape index (κ2) is 10.5. The predicted octanol–water partition coefficient (Wildman–Crippen LogP) is 4.00. The monoisotopic (exact) mass is 575 g/mol. The summed E-state index contributed by atoms with van der Waals surface area (Å²) >= 11 is 0. The maximum atomic E-state index is 12.5. The van der Waals surface area contributed by atoms with Crippen molar-refractivity contribution in [1.29, 1.82) is 0 Å². The topological polar surface area (TPSA) is 161 Å². The fourth-order valence-electron chi connectivity index (χ4n) is 4.91. The van der Waals surface area contributed by atoms with Crippen molar-refractivity contribution in [3.63, 3.8) is 0 Å². The number of aryl methyl sites for hydroxylation is 2. The van der Waals surface area contributed by atoms with Crippen LogP contribution in [0.5, 0.6) is 0 Å². The average molecular weight is 576 g/mol. The van der Waals surface area contributed by atoms with Crippen LogP contribution >= 0.6 is 0 Å². The number of rotatable bonds is 8. The number of aliphatic hydroxyl groups is 1. The molecular weight excluding hydrogens is 542 g/mol. The quantitative estimate of drug-likeness (QED) is 0.278. The van der Waals surface area contributed by atoms with Crippen LogP contribution in [0.25, 0.3) is 22.6 Å². The fourth-order valence-corrected chi connectivity index (χ4v) is 6.38. The first-order valence-corrected chi connectivity index (χ1v) is 15.3. The second-order valence-electron chi connectivity index (χ2n) is 11.3. The van der Waals surface area contributed by atoms with Crippen molar-refractivity contribution >= 4 is 27.3 Å². The maximum absolute atomic E-state index is 12.5. The number of pyridine rings is 1. The van der Waals surface area contributed by atoms with E-state index in [1.54, 1.807) is 18.5 Å². The molecule has 4 aromatic heterocycles. The van der Waals surface area contributed by atoms with Crippen molar-refractivity contribution in [2.45, 2.75) is 76.2 Å². The summed E-state index contributed by atoms with van der Waals surface area (Å²) < 4.78 is 26.1. The molecule has 0 atom stereocenters. The van der Waals surface area contributed by atoms with E-state index in [2.05, 4.69) is 40.9 Å². The molecule has 0 amide bonds. The molecule has 4 heterocycles. The molecule has 0 saturated heterocycles. The Labute approximate surface area is 238 Å². The summed E-state index contributed by atoms with van der Waals surface area (Å²) in [4.78, 5) is 13.5. The zero-order valence-electron chi connectivity index (χ0n) is 23.2. The predicted molar refractivity (Wildman–Crippen MR) is 155 cm³/mol. The van der Waals surface area contributed by atoms with Crippen LogP contribution in [-0.4, -0.2) is 64.8 Å². The van der Waals surface area contributed by atoms with Gasteiger partial charge in [0.1, 0.15) is 11.6 Å². The van der Waals surface area contributed by atoms with E-state index in [4.69, 9.17) is 0 Å². The molecule has 2 saturated carbocycles. The minimum absolute atomic E-state index is 0.192. The minimum Gasteiger partial charge on any atom is -0.390 e. The van der Waals surface area contributed by atoms with Crippen molar-refractivity contribution < 1.29 is 13.5 Å². The highest BCUT2D eigenvalue weighted by molar-refractivity contribution is 7.90. The maximum Gasteiger partial charge on any atom is 0.256 e. The Bertz CT molecular complexity index is 1690. The Balaban J connectivity index is 1.27. The lowest BCUT2D eigenvalue weighted by molar-refractivity contribution is 0.0196. The number of nitrogens with zero attached hydrogens (tertiary/aromatic N) is 7. The van der Waals surface area contributed by atoms with Gasteiger partial charge in [0.2, 0.25) is 0 Å². The Kier molecular flexibility index (Phi) is 6.94. The van der Waals surface area contributed by atoms with Gasteiger partial charge < -0.3 is 15.7 Å². The third-order valence-electron chi connectivity index (χ3n) is 7.77. The Hall–Kier alpha value is -3.97. The van der Waals surface area contributed by atoms with E-state index < -0.39 is 15.6 Å². The van der Waals surface area contributed by atoms with E-state index >= 15 is 0 Å². The zero-order valence-corrected chi connectivity index (χ0v) is 24.1. The molecule has 0 bridgehead atoms. The summed E-state index contributed by atoms with van der Waals surface area (Å²) in [6, 6.07) is 5.83. The Morgan fingerprint density at radius 3 is 2.54 bits per heavy atom. The standard InChI is InChI=1S/C28H33N9O3S/c1-17-12-24(36-35-18(17)2)22-15-30-26(13-23(22)32-20-6-9-28(3,38)10-7-20)33-25-8-11-29-27(34-25)19-14-31-37(16-19)41(39,40)21-4-5-21/h8,11-16,20-21,38H,4-7,9-10H2,1-3H3,(H2,29,30,32,33,34). The Morgan fingerprint density at radius 2 is 1.80 bits per heavy atom. The first-order chi connectivity index (χ1) is 19.6. The Morgan fingerprint density at radius 1 is 1.02 bits per heavy atom. The van der Waals surface area contributed by atoms with Gasteiger partial charge in [-0.15, -0.1) is 0 Å². The van der Waals surface area contributed by atoms with Crippen LogP contribution in [0.4, 0.5) is 17.3 Å². The smallest absolute Gasteiger partial charge is 0.256 e. The molecule has 0 unspecified atom stereocenters. The van der Waals surface area contributed by atoms with E-state index in [-0.39, 0.29) is 11.3 Å². The highest BCUT2D eigenvalue weighted by atomic mass is 32.2. The molecule has 3 N–H and O–H groups in total. The van der Waals surface area contributed by atoms with Crippen molar-refractivity contribution in [3.05, 3.63) is 54.2 Å². The summed E-state index contributed by atoms with van der Waals surface area (Å²) in [5.74, 6) is 1.41. The van der Waals surface area contributed by atoms with Crippen LogP contribution in [0, 0.1) is 13.8 Å². The van der Waals surface area contributed by atoms with Gasteiger partial charge in [0, 0.05) is 35.8 Å². The van der Waals surface area contributed by atoms with Crippen LogP contribution in [0.3, 0.4) is 0 Å². The molecule has 2 fully saturated rings. The highest BCUT2D eigenvalue weighted by Gasteiger charge is 2.37. The lowest BCUT2D eigenvalue weighted by Gasteiger charge is -2.34. The minimum atomic E-state index is -3.47. The first-order valence-electron chi connectivity index (χ1n) is 13.8. The van der Waals surface area contributed by atoms with Crippen LogP contribution in [0.1, 0.15) is 56.7 Å². The van der Waals surface area contributed by atoms with Gasteiger partial charge in [-0.2, -0.15) is 19.4 Å². The summed E-state index contributed by atoms with van der Waals surface area (Å²) in [5, 5.41) is 29.7. The average Bonchev–Trinajstić information content (AvgIpc) is 3.69. The molecule has 0 radical (unpaired) electrons. The number of nitrogens with one attached hydrogen (secondary N) is 2. The molecule has 214 valence electrons. The van der Waals surface area contributed by atoms with Crippen LogP contribution in [0.2, 0.25) is 0 Å². The van der Waals surface area contributed by atoms with Gasteiger partial charge in [-0.1, -0.05) is 0 Å². The zero-order chi connectivity index (χ0) is 28.8. The molecule has 0 aromatic carbocycles. The molecule has 41 heavy (non-hydrogen) atoms. The molecule has 2 aliphatic carbocycles. The van der Waals surface area contributed by atoms with Crippen molar-refractivity contribution in [2.24, 2.45) is 0 Å². The molecule has 0 spiro atoms. The molecule has 13 heteroatoms. The van der Waals surface area contributed by atoms with Gasteiger partial charge in [-0.05, 0) is 77.0 Å². The number of anilines is 3. The third-order valence-corrected chi connectivity index (χ3v) is 9.81. The van der Waals surface area contributed by atoms with Gasteiger partial charge in [-0.25, -0.2) is 23.4 Å². The van der Waals surface area contributed by atoms with Gasteiger partial charge in [0.15, 0.2) is 5.82 Å². The third kappa shape index (κ3) is 5.91. The molecule has 2 aliphatic rings. The van der Waals surface area contributed by atoms with Gasteiger partial charge >= 0.3 is 0 Å². The molecule has 12 nitrogen and oxygen atoms in total. The highest BCUT2D eigenvalue weighted by Crippen LogP contribution is 2.34. The van der Waals surface area contributed by atoms with E-state index in [1.165, 1.54) is 12.4 Å². The largest absolute Gasteiger partial charge is 0.390 e. The van der Waals surface area contributed by atoms with Gasteiger partial charge in [-0.3, -0.25) is 0 Å². The van der Waals surface area contributed by atoms with Crippen molar-refractivity contribution in [1.82, 2.24) is 34.3 Å². The number of aromatic nitrogens is 7. The van der Waals surface area contributed by atoms with Crippen LogP contribution in [0.15, 0.2) is 43.0 Å². The lowest BCUT2D eigenvalue weighted by atomic mass is 9.83. The molecule has 4 aromatic rings. The number of hydrogen-bond donors (Lipinski definition) is 3. The molecule has 6 rings (SSSR count). The van der Waals surface area contributed by atoms with Crippen LogP contribution < -0.4 is 10.6 Å². The van der Waals surface area contributed by atoms with E-state index in [0.717, 1.165) is 58.0 Å². The van der Waals surface area contributed by atoms with E-state index in [0.29, 0.717) is 35.9 Å². The normalized spacial score (nSPS) is 21.0. The number of hydrogen-bond acceptors (Lipinski definition) is 11. The molecular formula is C28H33N9O3S. The second-order valence-corrected chi connectivity index (χ2v) is 13.3. The fraction of sp³-hybridized carbons (Fsp3) is 0.429. The van der Waals surface area contributed by atoms with Crippen LogP contribution in [-0.2, 0) is 10.0 Å². The van der Waals surface area contributed by atoms with Gasteiger partial charge in [0.05, 0.1) is 40.2 Å². The van der Waals surface area contributed by atoms with Crippen molar-refractivity contribution in [3.8, 4) is 22.6 Å². The van der Waals surface area contributed by atoms with E-state index in [9.17, 15) is 13.5 Å². The summed E-state index contributed by atoms with van der Waals surface area (Å²) in [7, 11) is -3.47. The SMILES string of the molecule is Cc1cc(-c2cnc(Nc3ccnc(-c4cnn(S(=O)(=O)C5CC5)c4)n3)cc2NC2CCC(C)(O)CC2)nnc1C. The molecule has 0 aliphatic heterocycles. The van der Waals surface area contributed by atoms with Gasteiger partial charge in [0.25, 0.3) is 10.0 Å². The summed E-state index contributed by atoms with van der Waals surface area (Å²) in [6.07, 6.45) is 10.7.